The van der Waals surface area contributed by atoms with Crippen molar-refractivity contribution in [3.8, 4) is 0 Å². The molecule has 11 heteroatoms. The van der Waals surface area contributed by atoms with Gasteiger partial charge in [0.2, 0.25) is 0 Å². The number of carbonyl (C=O) groups excluding carboxylic acids is 2. The SMILES string of the molecule is CC1=NN(c2ccc(Cl)c(Cl)c2)C(=O)/C1=C(/C)NNC(=O)c1cccc([N+](=O)[O-])c1. The molecule has 3 rings (SSSR count). The van der Waals surface area contributed by atoms with Crippen molar-refractivity contribution in [3.63, 3.8) is 0 Å². The lowest BCUT2D eigenvalue weighted by Crippen LogP contribution is -2.37. The topological polar surface area (TPSA) is 117 Å². The summed E-state index contributed by atoms with van der Waals surface area (Å²) in [4.78, 5) is 35.4. The third-order valence-corrected chi connectivity index (χ3v) is 4.96. The number of rotatable bonds is 5. The molecule has 0 fully saturated rings. The van der Waals surface area contributed by atoms with Crippen LogP contribution in [0.1, 0.15) is 24.2 Å². The van der Waals surface area contributed by atoms with Gasteiger partial charge in [0.05, 0.1) is 31.9 Å². The maximum atomic E-state index is 12.8. The van der Waals surface area contributed by atoms with Crippen LogP contribution in [0.15, 0.2) is 58.8 Å². The van der Waals surface area contributed by atoms with E-state index in [9.17, 15) is 19.7 Å². The van der Waals surface area contributed by atoms with Gasteiger partial charge in [0, 0.05) is 23.4 Å². The molecule has 1 aliphatic rings. The van der Waals surface area contributed by atoms with Crippen LogP contribution in [0.2, 0.25) is 10.0 Å². The number of benzene rings is 2. The maximum absolute atomic E-state index is 12.8. The minimum absolute atomic E-state index is 0.0927. The Morgan fingerprint density at radius 1 is 1.13 bits per heavy atom. The number of hydrogen-bond acceptors (Lipinski definition) is 6. The average molecular weight is 448 g/mol. The number of anilines is 1. The van der Waals surface area contributed by atoms with Gasteiger partial charge in [0.15, 0.2) is 0 Å². The predicted molar refractivity (Wildman–Crippen MR) is 113 cm³/mol. The fourth-order valence-corrected chi connectivity index (χ4v) is 3.07. The number of nitro benzene ring substituents is 1. The number of halogens is 2. The molecule has 0 spiro atoms. The Kier molecular flexibility index (Phi) is 6.04. The summed E-state index contributed by atoms with van der Waals surface area (Å²) in [5, 5.41) is 16.9. The van der Waals surface area contributed by atoms with E-state index >= 15 is 0 Å². The Labute approximate surface area is 181 Å². The van der Waals surface area contributed by atoms with Gasteiger partial charge in [-0.3, -0.25) is 25.1 Å². The third kappa shape index (κ3) is 4.27. The summed E-state index contributed by atoms with van der Waals surface area (Å²) in [6.45, 7) is 3.25. The fraction of sp³-hybridized carbons (Fsp3) is 0.105. The number of carbonyl (C=O) groups is 2. The molecule has 1 heterocycles. The summed E-state index contributed by atoms with van der Waals surface area (Å²) in [6.07, 6.45) is 0. The smallest absolute Gasteiger partial charge is 0.282 e. The molecule has 0 aromatic heterocycles. The van der Waals surface area contributed by atoms with Crippen LogP contribution < -0.4 is 15.9 Å². The fourth-order valence-electron chi connectivity index (χ4n) is 2.78. The van der Waals surface area contributed by atoms with Crippen LogP contribution in [0.25, 0.3) is 0 Å². The molecular weight excluding hydrogens is 433 g/mol. The van der Waals surface area contributed by atoms with E-state index in [0.29, 0.717) is 22.1 Å². The van der Waals surface area contributed by atoms with Crippen LogP contribution in [-0.4, -0.2) is 22.4 Å². The Morgan fingerprint density at radius 2 is 1.87 bits per heavy atom. The quantitative estimate of drug-likeness (QED) is 0.410. The first-order valence-corrected chi connectivity index (χ1v) is 9.31. The van der Waals surface area contributed by atoms with Gasteiger partial charge in [0.1, 0.15) is 0 Å². The highest BCUT2D eigenvalue weighted by atomic mass is 35.5. The van der Waals surface area contributed by atoms with Crippen LogP contribution in [0.3, 0.4) is 0 Å². The highest BCUT2D eigenvalue weighted by molar-refractivity contribution is 6.42. The lowest BCUT2D eigenvalue weighted by molar-refractivity contribution is -0.384. The van der Waals surface area contributed by atoms with Gasteiger partial charge in [-0.05, 0) is 38.1 Å². The molecule has 154 valence electrons. The van der Waals surface area contributed by atoms with Crippen LogP contribution in [0.4, 0.5) is 11.4 Å². The molecule has 0 unspecified atom stereocenters. The molecular formula is C19H15Cl2N5O4. The van der Waals surface area contributed by atoms with Crippen molar-refractivity contribution in [2.75, 3.05) is 5.01 Å². The first-order valence-electron chi connectivity index (χ1n) is 8.56. The molecule has 9 nitrogen and oxygen atoms in total. The van der Waals surface area contributed by atoms with Crippen molar-refractivity contribution in [2.45, 2.75) is 13.8 Å². The van der Waals surface area contributed by atoms with Crippen LogP contribution in [0.5, 0.6) is 0 Å². The Balaban J connectivity index is 1.76. The van der Waals surface area contributed by atoms with Crippen LogP contribution in [-0.2, 0) is 4.79 Å². The summed E-state index contributed by atoms with van der Waals surface area (Å²) in [7, 11) is 0. The molecule has 2 N–H and O–H groups in total. The monoisotopic (exact) mass is 447 g/mol. The van der Waals surface area contributed by atoms with Gasteiger partial charge in [-0.1, -0.05) is 29.3 Å². The zero-order chi connectivity index (χ0) is 22.0. The van der Waals surface area contributed by atoms with E-state index in [1.807, 2.05) is 0 Å². The number of hydrazone groups is 1. The molecule has 0 aliphatic carbocycles. The second-order valence-corrected chi connectivity index (χ2v) is 7.10. The Morgan fingerprint density at radius 3 is 2.53 bits per heavy atom. The highest BCUT2D eigenvalue weighted by Gasteiger charge is 2.31. The first kappa shape index (κ1) is 21.3. The summed E-state index contributed by atoms with van der Waals surface area (Å²) < 4.78 is 0. The maximum Gasteiger partial charge on any atom is 0.282 e. The molecule has 0 atom stereocenters. The molecule has 0 bridgehead atoms. The van der Waals surface area contributed by atoms with E-state index in [1.165, 1.54) is 29.3 Å². The number of nitro groups is 1. The second kappa shape index (κ2) is 8.52. The minimum atomic E-state index is -0.597. The highest BCUT2D eigenvalue weighted by Crippen LogP contribution is 2.30. The van der Waals surface area contributed by atoms with Crippen LogP contribution >= 0.6 is 23.2 Å². The van der Waals surface area contributed by atoms with Gasteiger partial charge in [0.25, 0.3) is 17.5 Å². The molecule has 30 heavy (non-hydrogen) atoms. The molecule has 2 aromatic carbocycles. The third-order valence-electron chi connectivity index (χ3n) is 4.22. The average Bonchev–Trinajstić information content (AvgIpc) is 3.02. The van der Waals surface area contributed by atoms with Gasteiger partial charge >= 0.3 is 0 Å². The van der Waals surface area contributed by atoms with Crippen molar-refractivity contribution in [1.29, 1.82) is 0 Å². The van der Waals surface area contributed by atoms with Gasteiger partial charge < -0.3 is 5.43 Å². The zero-order valence-corrected chi connectivity index (χ0v) is 17.3. The summed E-state index contributed by atoms with van der Waals surface area (Å²) >= 11 is 11.9. The second-order valence-electron chi connectivity index (χ2n) is 6.29. The number of non-ortho nitro benzene ring substituents is 1. The minimum Gasteiger partial charge on any atom is -0.302 e. The van der Waals surface area contributed by atoms with E-state index in [0.717, 1.165) is 6.07 Å². The molecule has 0 radical (unpaired) electrons. The predicted octanol–water partition coefficient (Wildman–Crippen LogP) is 3.83. The summed E-state index contributed by atoms with van der Waals surface area (Å²) in [6, 6.07) is 9.97. The van der Waals surface area contributed by atoms with Crippen molar-refractivity contribution in [2.24, 2.45) is 5.10 Å². The van der Waals surface area contributed by atoms with Crippen molar-refractivity contribution < 1.29 is 14.5 Å². The largest absolute Gasteiger partial charge is 0.302 e. The lowest BCUT2D eigenvalue weighted by Gasteiger charge is -2.14. The van der Waals surface area contributed by atoms with E-state index in [4.69, 9.17) is 23.2 Å². The van der Waals surface area contributed by atoms with Crippen molar-refractivity contribution >= 4 is 52.1 Å². The number of hydrazine groups is 1. The number of nitrogens with zero attached hydrogens (tertiary/aromatic N) is 3. The first-order chi connectivity index (χ1) is 14.2. The summed E-state index contributed by atoms with van der Waals surface area (Å²) in [5.41, 5.74) is 6.45. The van der Waals surface area contributed by atoms with Crippen LogP contribution in [0, 0.1) is 10.1 Å². The van der Waals surface area contributed by atoms with E-state index in [-0.39, 0.29) is 21.8 Å². The Bertz CT molecular complexity index is 1130. The molecule has 0 saturated carbocycles. The molecule has 2 amide bonds. The number of hydrogen-bond donors (Lipinski definition) is 2. The lowest BCUT2D eigenvalue weighted by atomic mass is 10.1. The number of allylic oxidation sites excluding steroid dienone is 1. The van der Waals surface area contributed by atoms with E-state index in [1.54, 1.807) is 26.0 Å². The normalized spacial score (nSPS) is 15.0. The van der Waals surface area contributed by atoms with Gasteiger partial charge in [-0.15, -0.1) is 0 Å². The molecule has 2 aromatic rings. The summed E-state index contributed by atoms with van der Waals surface area (Å²) in [5.74, 6) is -1.01. The van der Waals surface area contributed by atoms with E-state index in [2.05, 4.69) is 16.0 Å². The Hall–Kier alpha value is -3.43. The molecule has 1 aliphatic heterocycles. The van der Waals surface area contributed by atoms with Gasteiger partial charge in [-0.2, -0.15) is 10.1 Å². The number of amides is 2. The van der Waals surface area contributed by atoms with E-state index < -0.39 is 16.7 Å². The van der Waals surface area contributed by atoms with Crippen molar-refractivity contribution in [3.05, 3.63) is 79.5 Å². The van der Waals surface area contributed by atoms with Gasteiger partial charge in [-0.25, -0.2) is 0 Å². The van der Waals surface area contributed by atoms with Crippen molar-refractivity contribution in [1.82, 2.24) is 10.9 Å². The number of nitrogens with one attached hydrogen (secondary N) is 2. The zero-order valence-electron chi connectivity index (χ0n) is 15.8. The standard InChI is InChI=1S/C19H15Cl2N5O4/c1-10(22-23-18(27)12-4-3-5-14(8-12)26(29)30)17-11(2)24-25(19(17)28)13-6-7-15(20)16(21)9-13/h3-9,22H,1-2H3,(H,23,27)/b17-10-. The molecule has 0 saturated heterocycles.